The van der Waals surface area contributed by atoms with Crippen LogP contribution in [-0.4, -0.2) is 50.4 Å². The molecule has 0 radical (unpaired) electrons. The predicted octanol–water partition coefficient (Wildman–Crippen LogP) is 2.40. The lowest BCUT2D eigenvalue weighted by Gasteiger charge is -2.16. The summed E-state index contributed by atoms with van der Waals surface area (Å²) in [6.45, 7) is 4.37. The van der Waals surface area contributed by atoms with E-state index in [1.54, 1.807) is 0 Å². The van der Waals surface area contributed by atoms with Crippen LogP contribution in [0.4, 0.5) is 0 Å². The molecule has 0 atom stereocenters. The highest BCUT2D eigenvalue weighted by atomic mass is 16.5. The molecular weight excluding hydrogens is 328 g/mol. The monoisotopic (exact) mass is 352 g/mol. The summed E-state index contributed by atoms with van der Waals surface area (Å²) in [5, 5.41) is 8.90. The van der Waals surface area contributed by atoms with Crippen LogP contribution in [0.1, 0.15) is 23.6 Å². The smallest absolute Gasteiger partial charge is 0.257 e. The van der Waals surface area contributed by atoms with Gasteiger partial charge in [0, 0.05) is 31.7 Å². The summed E-state index contributed by atoms with van der Waals surface area (Å²) in [4.78, 5) is 9.06. The van der Waals surface area contributed by atoms with Gasteiger partial charge in [-0.2, -0.15) is 10.1 Å². The first-order chi connectivity index (χ1) is 12.7. The Morgan fingerprint density at radius 1 is 1.15 bits per heavy atom. The van der Waals surface area contributed by atoms with Crippen LogP contribution in [0, 0.1) is 0 Å². The second kappa shape index (κ2) is 7.39. The quantitative estimate of drug-likeness (QED) is 0.703. The van der Waals surface area contributed by atoms with Crippen molar-refractivity contribution in [1.82, 2.24) is 29.7 Å². The minimum absolute atomic E-state index is 0.578. The number of hydrogen-bond donors (Lipinski definition) is 0. The Morgan fingerprint density at radius 3 is 2.81 bits per heavy atom. The van der Waals surface area contributed by atoms with Gasteiger partial charge in [0.2, 0.25) is 0 Å². The van der Waals surface area contributed by atoms with Gasteiger partial charge in [0.05, 0.1) is 17.9 Å². The number of rotatable bonds is 5. The normalized spacial score (nSPS) is 15.2. The van der Waals surface area contributed by atoms with Crippen LogP contribution in [0.2, 0.25) is 0 Å². The lowest BCUT2D eigenvalue weighted by molar-refractivity contribution is 0.250. The van der Waals surface area contributed by atoms with Gasteiger partial charge in [-0.15, -0.1) is 0 Å². The number of aromatic nitrogens is 4. The van der Waals surface area contributed by atoms with E-state index in [0.29, 0.717) is 12.4 Å². The molecule has 0 bridgehead atoms. The Labute approximate surface area is 153 Å². The van der Waals surface area contributed by atoms with Crippen LogP contribution in [0.25, 0.3) is 11.5 Å². The minimum Gasteiger partial charge on any atom is -0.334 e. The van der Waals surface area contributed by atoms with E-state index in [4.69, 9.17) is 9.62 Å². The fraction of sp³-hybridized carbons (Fsp3) is 0.421. The van der Waals surface area contributed by atoms with Crippen LogP contribution >= 0.6 is 0 Å². The molecular formula is C19H24N6O. The van der Waals surface area contributed by atoms with E-state index < -0.39 is 0 Å². The number of benzene rings is 1. The van der Waals surface area contributed by atoms with Crippen molar-refractivity contribution >= 4 is 0 Å². The lowest BCUT2D eigenvalue weighted by atomic mass is 10.2. The van der Waals surface area contributed by atoms with Crippen molar-refractivity contribution in [1.29, 1.82) is 0 Å². The molecule has 0 aliphatic carbocycles. The fourth-order valence-corrected chi connectivity index (χ4v) is 3.34. The summed E-state index contributed by atoms with van der Waals surface area (Å²) < 4.78 is 7.57. The fourth-order valence-electron chi connectivity index (χ4n) is 3.34. The molecule has 0 N–H and O–H groups in total. The van der Waals surface area contributed by atoms with E-state index in [-0.39, 0.29) is 0 Å². The average molecular weight is 352 g/mol. The van der Waals surface area contributed by atoms with Gasteiger partial charge in [-0.05, 0) is 38.7 Å². The van der Waals surface area contributed by atoms with Gasteiger partial charge in [-0.3, -0.25) is 9.58 Å². The third-order valence-electron chi connectivity index (χ3n) is 4.48. The van der Waals surface area contributed by atoms with Crippen molar-refractivity contribution in [2.45, 2.75) is 32.6 Å². The van der Waals surface area contributed by atoms with Gasteiger partial charge in [0.25, 0.3) is 5.89 Å². The van der Waals surface area contributed by atoms with Crippen molar-refractivity contribution in [3.63, 3.8) is 0 Å². The van der Waals surface area contributed by atoms with Crippen LogP contribution in [-0.2, 0) is 26.2 Å². The van der Waals surface area contributed by atoms with Crippen LogP contribution < -0.4 is 0 Å². The molecule has 3 heterocycles. The summed E-state index contributed by atoms with van der Waals surface area (Å²) in [5.74, 6) is 1.30. The number of hydrogen-bond acceptors (Lipinski definition) is 6. The zero-order valence-electron chi connectivity index (χ0n) is 15.3. The van der Waals surface area contributed by atoms with Crippen LogP contribution in [0.15, 0.2) is 40.9 Å². The Bertz CT molecular complexity index is 854. The maximum absolute atomic E-state index is 5.43. The van der Waals surface area contributed by atoms with E-state index in [9.17, 15) is 0 Å². The Balaban J connectivity index is 1.45. The lowest BCUT2D eigenvalue weighted by Crippen LogP contribution is -2.23. The molecule has 2 aromatic heterocycles. The molecule has 0 unspecified atom stereocenters. The summed E-state index contributed by atoms with van der Waals surface area (Å²) in [6, 6.07) is 12.1. The molecule has 7 nitrogen and oxygen atoms in total. The molecule has 3 aromatic rings. The van der Waals surface area contributed by atoms with E-state index >= 15 is 0 Å². The highest BCUT2D eigenvalue weighted by molar-refractivity contribution is 5.51. The Kier molecular flexibility index (Phi) is 4.81. The van der Waals surface area contributed by atoms with Crippen molar-refractivity contribution in [3.8, 4) is 11.5 Å². The van der Waals surface area contributed by atoms with Gasteiger partial charge in [0.15, 0.2) is 5.82 Å². The maximum Gasteiger partial charge on any atom is 0.257 e. The molecule has 1 aliphatic rings. The number of fused-ring (bicyclic) bond motifs is 1. The topological polar surface area (TPSA) is 63.2 Å². The highest BCUT2D eigenvalue weighted by Gasteiger charge is 2.19. The third kappa shape index (κ3) is 3.84. The molecule has 1 aromatic carbocycles. The number of aryl methyl sites for hydroxylation is 1. The summed E-state index contributed by atoms with van der Waals surface area (Å²) >= 11 is 0. The van der Waals surface area contributed by atoms with E-state index in [1.807, 2.05) is 30.3 Å². The largest absolute Gasteiger partial charge is 0.334 e. The van der Waals surface area contributed by atoms with E-state index in [1.165, 1.54) is 5.69 Å². The van der Waals surface area contributed by atoms with Crippen molar-refractivity contribution in [2.75, 3.05) is 20.6 Å². The first-order valence-electron chi connectivity index (χ1n) is 8.98. The Morgan fingerprint density at radius 2 is 2.00 bits per heavy atom. The Hall–Kier alpha value is -2.51. The molecule has 0 saturated carbocycles. The maximum atomic E-state index is 5.43. The van der Waals surface area contributed by atoms with Crippen LogP contribution in [0.3, 0.4) is 0 Å². The molecule has 0 amide bonds. The summed E-state index contributed by atoms with van der Waals surface area (Å²) in [7, 11) is 4.13. The second-order valence-electron chi connectivity index (χ2n) is 7.03. The first-order valence-corrected chi connectivity index (χ1v) is 8.98. The van der Waals surface area contributed by atoms with Gasteiger partial charge >= 0.3 is 0 Å². The molecule has 136 valence electrons. The SMILES string of the molecule is CN(C)Cc1cc2n(n1)CCCN(Cc1noc(-c3ccccc3)n1)C2. The standard InChI is InChI=1S/C19H24N6O/c1-23(2)12-16-11-17-13-24(9-6-10-25(17)21-16)14-18-20-19(26-22-18)15-7-4-3-5-8-15/h3-5,7-8,11H,6,9-10,12-14H2,1-2H3. The number of nitrogens with zero attached hydrogens (tertiary/aromatic N) is 6. The highest BCUT2D eigenvalue weighted by Crippen LogP contribution is 2.19. The van der Waals surface area contributed by atoms with Gasteiger partial charge < -0.3 is 9.42 Å². The predicted molar refractivity (Wildman–Crippen MR) is 98.1 cm³/mol. The van der Waals surface area contributed by atoms with Crippen molar-refractivity contribution in [2.24, 2.45) is 0 Å². The third-order valence-corrected chi connectivity index (χ3v) is 4.48. The van der Waals surface area contributed by atoms with Crippen molar-refractivity contribution in [3.05, 3.63) is 53.6 Å². The van der Waals surface area contributed by atoms with E-state index in [2.05, 4.69) is 44.8 Å². The minimum atomic E-state index is 0.578. The zero-order chi connectivity index (χ0) is 17.9. The molecule has 0 fully saturated rings. The van der Waals surface area contributed by atoms with Crippen molar-refractivity contribution < 1.29 is 4.52 Å². The molecule has 0 saturated heterocycles. The first kappa shape index (κ1) is 16.9. The molecule has 26 heavy (non-hydrogen) atoms. The zero-order valence-corrected chi connectivity index (χ0v) is 15.3. The molecule has 4 rings (SSSR count). The van der Waals surface area contributed by atoms with Crippen LogP contribution in [0.5, 0.6) is 0 Å². The van der Waals surface area contributed by atoms with Gasteiger partial charge in [-0.25, -0.2) is 0 Å². The van der Waals surface area contributed by atoms with E-state index in [0.717, 1.165) is 49.7 Å². The summed E-state index contributed by atoms with van der Waals surface area (Å²) in [5.41, 5.74) is 3.33. The molecule has 1 aliphatic heterocycles. The molecule has 7 heteroatoms. The van der Waals surface area contributed by atoms with Gasteiger partial charge in [0.1, 0.15) is 0 Å². The van der Waals surface area contributed by atoms with Gasteiger partial charge in [-0.1, -0.05) is 23.4 Å². The average Bonchev–Trinajstić information content (AvgIpc) is 3.18. The summed E-state index contributed by atoms with van der Waals surface area (Å²) in [6.07, 6.45) is 1.07. The molecule has 0 spiro atoms. The second-order valence-corrected chi connectivity index (χ2v) is 7.03.